The summed E-state index contributed by atoms with van der Waals surface area (Å²) in [4.78, 5) is 22.3. The number of amides is 1. The van der Waals surface area contributed by atoms with Crippen molar-refractivity contribution in [2.75, 3.05) is 5.32 Å². The molecule has 1 fully saturated rings. The molecule has 33 heavy (non-hydrogen) atoms. The molecule has 1 saturated carbocycles. The third-order valence-electron chi connectivity index (χ3n) is 6.18. The van der Waals surface area contributed by atoms with Gasteiger partial charge in [-0.3, -0.25) is 4.79 Å². The summed E-state index contributed by atoms with van der Waals surface area (Å²) in [6.07, 6.45) is 10.7. The number of nitriles is 1. The van der Waals surface area contributed by atoms with Crippen LogP contribution in [-0.2, 0) is 11.3 Å². The van der Waals surface area contributed by atoms with Crippen molar-refractivity contribution in [3.63, 3.8) is 0 Å². The maximum Gasteiger partial charge on any atom is 0.242 e. The summed E-state index contributed by atoms with van der Waals surface area (Å²) in [6.45, 7) is 2.28. The summed E-state index contributed by atoms with van der Waals surface area (Å²) in [6, 6.07) is 14.8. The second-order valence-corrected chi connectivity index (χ2v) is 8.71. The minimum atomic E-state index is -0.377. The minimum Gasteiger partial charge on any atom is -0.358 e. The fourth-order valence-electron chi connectivity index (χ4n) is 4.42. The average Bonchev–Trinajstić information content (AvgIpc) is 3.38. The molecule has 170 valence electrons. The Hall–Kier alpha value is -3.66. The van der Waals surface area contributed by atoms with Gasteiger partial charge in [0.15, 0.2) is 0 Å². The summed E-state index contributed by atoms with van der Waals surface area (Å²) in [5, 5.41) is 15.4. The smallest absolute Gasteiger partial charge is 0.242 e. The molecular formula is C26H30N6O. The lowest BCUT2D eigenvalue weighted by Crippen LogP contribution is -2.41. The first-order valence-corrected chi connectivity index (χ1v) is 11.6. The number of nitrogens with one attached hydrogen (secondary N) is 2. The fourth-order valence-corrected chi connectivity index (χ4v) is 4.42. The largest absolute Gasteiger partial charge is 0.358 e. The van der Waals surface area contributed by atoms with Crippen LogP contribution < -0.4 is 10.6 Å². The molecule has 0 saturated heterocycles. The van der Waals surface area contributed by atoms with Crippen molar-refractivity contribution in [2.45, 2.75) is 58.0 Å². The first-order chi connectivity index (χ1) is 16.1. The number of aryl methyl sites for hydroxylation is 1. The fraction of sp³-hybridized carbons (Fsp3) is 0.385. The molecular weight excluding hydrogens is 412 g/mol. The van der Waals surface area contributed by atoms with E-state index in [1.807, 2.05) is 54.2 Å². The van der Waals surface area contributed by atoms with E-state index < -0.39 is 0 Å². The topological polar surface area (TPSA) is 95.6 Å². The second kappa shape index (κ2) is 10.8. The van der Waals surface area contributed by atoms with E-state index in [0.29, 0.717) is 29.7 Å². The van der Waals surface area contributed by atoms with Crippen molar-refractivity contribution in [3.05, 3.63) is 71.8 Å². The third-order valence-corrected chi connectivity index (χ3v) is 6.18. The van der Waals surface area contributed by atoms with Crippen molar-refractivity contribution >= 4 is 11.7 Å². The Bertz CT molecular complexity index is 1090. The molecule has 0 radical (unpaired) electrons. The summed E-state index contributed by atoms with van der Waals surface area (Å²) >= 11 is 0. The van der Waals surface area contributed by atoms with Gasteiger partial charge in [0, 0.05) is 25.0 Å². The van der Waals surface area contributed by atoms with E-state index in [2.05, 4.69) is 26.7 Å². The van der Waals surface area contributed by atoms with Crippen LogP contribution in [0, 0.1) is 24.2 Å². The molecule has 3 aromatic rings. The number of hydrogen-bond acceptors (Lipinski definition) is 5. The number of anilines is 1. The van der Waals surface area contributed by atoms with Gasteiger partial charge in [-0.1, -0.05) is 44.2 Å². The van der Waals surface area contributed by atoms with Crippen molar-refractivity contribution in [2.24, 2.45) is 5.92 Å². The lowest BCUT2D eigenvalue weighted by Gasteiger charge is -2.27. The van der Waals surface area contributed by atoms with E-state index in [4.69, 9.17) is 5.26 Å². The van der Waals surface area contributed by atoms with E-state index >= 15 is 0 Å². The summed E-state index contributed by atoms with van der Waals surface area (Å²) in [5.74, 6) is 2.57. The monoisotopic (exact) mass is 442 g/mol. The molecule has 1 atom stereocenters. The van der Waals surface area contributed by atoms with E-state index in [9.17, 15) is 4.79 Å². The SMILES string of the molecule is Cc1nc(N[C@H](CC2CCCCC2)C(=O)NCc2ccc(C#N)cc2)cc(-n2cccc2)n1. The molecule has 0 unspecified atom stereocenters. The van der Waals surface area contributed by atoms with Gasteiger partial charge in [0.25, 0.3) is 0 Å². The first kappa shape index (κ1) is 22.5. The van der Waals surface area contributed by atoms with Crippen molar-refractivity contribution in [3.8, 4) is 11.9 Å². The first-order valence-electron chi connectivity index (χ1n) is 11.6. The maximum atomic E-state index is 13.2. The lowest BCUT2D eigenvalue weighted by molar-refractivity contribution is -0.122. The van der Waals surface area contributed by atoms with Crippen molar-refractivity contribution in [1.29, 1.82) is 5.26 Å². The quantitative estimate of drug-likeness (QED) is 0.535. The number of hydrogen-bond donors (Lipinski definition) is 2. The zero-order chi connectivity index (χ0) is 23.0. The summed E-state index contributed by atoms with van der Waals surface area (Å²) in [5.41, 5.74) is 1.58. The van der Waals surface area contributed by atoms with Crippen LogP contribution in [0.2, 0.25) is 0 Å². The van der Waals surface area contributed by atoms with Crippen LogP contribution in [0.1, 0.15) is 55.5 Å². The Morgan fingerprint density at radius 3 is 2.58 bits per heavy atom. The van der Waals surface area contributed by atoms with Gasteiger partial charge in [-0.2, -0.15) is 5.26 Å². The Balaban J connectivity index is 1.49. The van der Waals surface area contributed by atoms with E-state index in [1.54, 1.807) is 12.1 Å². The molecule has 1 amide bonds. The van der Waals surface area contributed by atoms with Gasteiger partial charge < -0.3 is 15.2 Å². The number of rotatable bonds is 8. The Morgan fingerprint density at radius 2 is 1.88 bits per heavy atom. The van der Waals surface area contributed by atoms with Crippen molar-refractivity contribution in [1.82, 2.24) is 19.9 Å². The van der Waals surface area contributed by atoms with Crippen LogP contribution in [0.5, 0.6) is 0 Å². The summed E-state index contributed by atoms with van der Waals surface area (Å²) in [7, 11) is 0. The molecule has 7 heteroatoms. The van der Waals surface area contributed by atoms with Crippen LogP contribution in [-0.4, -0.2) is 26.5 Å². The molecule has 0 bridgehead atoms. The van der Waals surface area contributed by atoms with Crippen LogP contribution in [0.4, 0.5) is 5.82 Å². The molecule has 7 nitrogen and oxygen atoms in total. The predicted molar refractivity (Wildman–Crippen MR) is 128 cm³/mol. The highest BCUT2D eigenvalue weighted by Gasteiger charge is 2.25. The Morgan fingerprint density at radius 1 is 1.15 bits per heavy atom. The highest BCUT2D eigenvalue weighted by Crippen LogP contribution is 2.28. The van der Waals surface area contributed by atoms with Gasteiger partial charge in [0.1, 0.15) is 23.5 Å². The van der Waals surface area contributed by atoms with E-state index in [0.717, 1.165) is 17.8 Å². The highest BCUT2D eigenvalue weighted by molar-refractivity contribution is 5.84. The molecule has 4 rings (SSSR count). The molecule has 2 aromatic heterocycles. The number of nitrogens with zero attached hydrogens (tertiary/aromatic N) is 4. The number of carbonyl (C=O) groups is 1. The standard InChI is InChI=1S/C26H30N6O/c1-19-29-24(16-25(30-19)32-13-5-6-14-32)31-23(15-20-7-3-2-4-8-20)26(33)28-18-22-11-9-21(17-27)10-12-22/h5-6,9-14,16,20,23H,2-4,7-8,15,18H2,1H3,(H,28,33)(H,29,30,31)/t23-/m1/s1. The second-order valence-electron chi connectivity index (χ2n) is 8.71. The summed E-state index contributed by atoms with van der Waals surface area (Å²) < 4.78 is 1.93. The number of aromatic nitrogens is 3. The van der Waals surface area contributed by atoms with Crippen LogP contribution in [0.15, 0.2) is 54.9 Å². The van der Waals surface area contributed by atoms with Crippen molar-refractivity contribution < 1.29 is 4.79 Å². The maximum absolute atomic E-state index is 13.2. The highest BCUT2D eigenvalue weighted by atomic mass is 16.2. The molecule has 2 N–H and O–H groups in total. The molecule has 0 aliphatic heterocycles. The molecule has 1 aliphatic rings. The van der Waals surface area contributed by atoms with Crippen LogP contribution in [0.3, 0.4) is 0 Å². The zero-order valence-electron chi connectivity index (χ0n) is 19.0. The number of carbonyl (C=O) groups excluding carboxylic acids is 1. The zero-order valence-corrected chi connectivity index (χ0v) is 19.0. The third kappa shape index (κ3) is 6.19. The van der Waals surface area contributed by atoms with Gasteiger partial charge in [-0.25, -0.2) is 9.97 Å². The molecule has 2 heterocycles. The van der Waals surface area contributed by atoms with Gasteiger partial charge in [0.2, 0.25) is 5.91 Å². The molecule has 1 aromatic carbocycles. The van der Waals surface area contributed by atoms with Gasteiger partial charge in [0.05, 0.1) is 11.6 Å². The van der Waals surface area contributed by atoms with Crippen LogP contribution >= 0.6 is 0 Å². The normalized spacial score (nSPS) is 14.9. The van der Waals surface area contributed by atoms with E-state index in [1.165, 1.54) is 32.1 Å². The van der Waals surface area contributed by atoms with Gasteiger partial charge in [-0.15, -0.1) is 0 Å². The van der Waals surface area contributed by atoms with E-state index in [-0.39, 0.29) is 11.9 Å². The Labute approximate surface area is 194 Å². The number of benzene rings is 1. The Kier molecular flexibility index (Phi) is 7.36. The van der Waals surface area contributed by atoms with Gasteiger partial charge >= 0.3 is 0 Å². The van der Waals surface area contributed by atoms with Crippen LogP contribution in [0.25, 0.3) is 5.82 Å². The minimum absolute atomic E-state index is 0.0382. The lowest BCUT2D eigenvalue weighted by atomic mass is 9.84. The molecule has 0 spiro atoms. The predicted octanol–water partition coefficient (Wildman–Crippen LogP) is 4.51. The van der Waals surface area contributed by atoms with Gasteiger partial charge in [-0.05, 0) is 49.1 Å². The molecule has 1 aliphatic carbocycles. The average molecular weight is 443 g/mol.